The van der Waals surface area contributed by atoms with Crippen LogP contribution in [0.5, 0.6) is 5.75 Å². The van der Waals surface area contributed by atoms with Crippen molar-refractivity contribution < 1.29 is 17.9 Å². The molecule has 0 amide bonds. The van der Waals surface area contributed by atoms with Gasteiger partial charge in [0.05, 0.1) is 11.1 Å². The molecule has 1 aromatic heterocycles. The highest BCUT2D eigenvalue weighted by atomic mass is 19.4. The minimum absolute atomic E-state index is 0.337. The highest BCUT2D eigenvalue weighted by molar-refractivity contribution is 5.73. The molecule has 0 saturated carbocycles. The molecule has 7 heteroatoms. The Morgan fingerprint density at radius 3 is 2.28 bits per heavy atom. The SMILES string of the molecule is FC(F)(F)c1ccc(OC(CCn2nnc3ccccc32)c2ccccc2)cc1. The molecule has 0 bridgehead atoms. The lowest BCUT2D eigenvalue weighted by molar-refractivity contribution is -0.137. The van der Waals surface area contributed by atoms with E-state index in [1.807, 2.05) is 54.6 Å². The number of rotatable bonds is 6. The predicted octanol–water partition coefficient (Wildman–Crippen LogP) is 5.66. The summed E-state index contributed by atoms with van der Waals surface area (Å²) < 4.78 is 46.2. The van der Waals surface area contributed by atoms with Crippen LogP contribution in [-0.4, -0.2) is 15.0 Å². The van der Waals surface area contributed by atoms with Crippen molar-refractivity contribution >= 4 is 11.0 Å². The molecular weight excluding hydrogens is 379 g/mol. The van der Waals surface area contributed by atoms with Gasteiger partial charge in [0.2, 0.25) is 0 Å². The second kappa shape index (κ2) is 7.95. The number of nitrogens with zero attached hydrogens (tertiary/aromatic N) is 3. The summed E-state index contributed by atoms with van der Waals surface area (Å²) in [6.45, 7) is 0.556. The molecule has 0 aliphatic heterocycles. The first-order chi connectivity index (χ1) is 14.0. The summed E-state index contributed by atoms with van der Waals surface area (Å²) in [6, 6.07) is 22.0. The highest BCUT2D eigenvalue weighted by Crippen LogP contribution is 2.32. The molecule has 4 aromatic rings. The van der Waals surface area contributed by atoms with Crippen molar-refractivity contribution in [3.8, 4) is 5.75 Å². The quantitative estimate of drug-likeness (QED) is 0.421. The van der Waals surface area contributed by atoms with Gasteiger partial charge in [-0.1, -0.05) is 47.7 Å². The molecule has 4 rings (SSSR count). The average Bonchev–Trinajstić information content (AvgIpc) is 3.14. The van der Waals surface area contributed by atoms with Crippen molar-refractivity contribution in [2.75, 3.05) is 0 Å². The molecular formula is C22H18F3N3O. The number of halogens is 3. The van der Waals surface area contributed by atoms with Gasteiger partial charge in [0.25, 0.3) is 0 Å². The number of aryl methyl sites for hydroxylation is 1. The monoisotopic (exact) mass is 397 g/mol. The van der Waals surface area contributed by atoms with E-state index in [0.717, 1.165) is 28.7 Å². The third-order valence-electron chi connectivity index (χ3n) is 4.65. The Labute approximate surface area is 165 Å². The zero-order valence-electron chi connectivity index (χ0n) is 15.4. The predicted molar refractivity (Wildman–Crippen MR) is 103 cm³/mol. The van der Waals surface area contributed by atoms with Crippen molar-refractivity contribution in [1.82, 2.24) is 15.0 Å². The number of hydrogen-bond donors (Lipinski definition) is 0. The Balaban J connectivity index is 1.54. The molecule has 0 aliphatic rings. The molecule has 0 radical (unpaired) electrons. The second-order valence-electron chi connectivity index (χ2n) is 6.63. The van der Waals surface area contributed by atoms with Crippen LogP contribution in [-0.2, 0) is 12.7 Å². The lowest BCUT2D eigenvalue weighted by Crippen LogP contribution is -2.12. The van der Waals surface area contributed by atoms with Crippen LogP contribution in [0.15, 0.2) is 78.9 Å². The van der Waals surface area contributed by atoms with Gasteiger partial charge in [-0.05, 0) is 42.0 Å². The average molecular weight is 397 g/mol. The maximum absolute atomic E-state index is 12.8. The molecule has 0 aliphatic carbocycles. The van der Waals surface area contributed by atoms with Gasteiger partial charge in [0, 0.05) is 13.0 Å². The fraction of sp³-hybridized carbons (Fsp3) is 0.182. The first-order valence-electron chi connectivity index (χ1n) is 9.18. The molecule has 148 valence electrons. The topological polar surface area (TPSA) is 39.9 Å². The van der Waals surface area contributed by atoms with Gasteiger partial charge in [-0.25, -0.2) is 4.68 Å². The van der Waals surface area contributed by atoms with Crippen LogP contribution in [0.2, 0.25) is 0 Å². The fourth-order valence-electron chi connectivity index (χ4n) is 3.17. The van der Waals surface area contributed by atoms with Gasteiger partial charge >= 0.3 is 6.18 Å². The van der Waals surface area contributed by atoms with E-state index in [-0.39, 0.29) is 6.10 Å². The van der Waals surface area contributed by atoms with Gasteiger partial charge < -0.3 is 4.74 Å². The summed E-state index contributed by atoms with van der Waals surface area (Å²) >= 11 is 0. The maximum atomic E-state index is 12.8. The molecule has 1 unspecified atom stereocenters. The van der Waals surface area contributed by atoms with E-state index in [2.05, 4.69) is 10.3 Å². The van der Waals surface area contributed by atoms with Gasteiger partial charge in [-0.3, -0.25) is 0 Å². The molecule has 3 aromatic carbocycles. The molecule has 0 fully saturated rings. The van der Waals surface area contributed by atoms with E-state index < -0.39 is 11.7 Å². The third-order valence-corrected chi connectivity index (χ3v) is 4.65. The fourth-order valence-corrected chi connectivity index (χ4v) is 3.17. The number of fused-ring (bicyclic) bond motifs is 1. The number of aromatic nitrogens is 3. The molecule has 29 heavy (non-hydrogen) atoms. The van der Waals surface area contributed by atoms with Crippen LogP contribution >= 0.6 is 0 Å². The van der Waals surface area contributed by atoms with E-state index in [1.54, 1.807) is 4.68 Å². The molecule has 0 N–H and O–H groups in total. The van der Waals surface area contributed by atoms with Crippen LogP contribution in [0.4, 0.5) is 13.2 Å². The minimum atomic E-state index is -4.37. The summed E-state index contributed by atoms with van der Waals surface area (Å²) in [7, 11) is 0. The van der Waals surface area contributed by atoms with Crippen molar-refractivity contribution in [3.05, 3.63) is 90.0 Å². The molecule has 0 spiro atoms. The highest BCUT2D eigenvalue weighted by Gasteiger charge is 2.30. The first kappa shape index (κ1) is 19.0. The van der Waals surface area contributed by atoms with Crippen molar-refractivity contribution in [2.45, 2.75) is 25.2 Å². The number of ether oxygens (including phenoxy) is 1. The molecule has 1 atom stereocenters. The zero-order chi connectivity index (χ0) is 20.3. The zero-order valence-corrected chi connectivity index (χ0v) is 15.4. The lowest BCUT2D eigenvalue weighted by atomic mass is 10.1. The molecule has 0 saturated heterocycles. The second-order valence-corrected chi connectivity index (χ2v) is 6.63. The van der Waals surface area contributed by atoms with Gasteiger partial charge in [-0.15, -0.1) is 5.10 Å². The summed E-state index contributed by atoms with van der Waals surface area (Å²) in [6.07, 6.45) is -4.12. The van der Waals surface area contributed by atoms with Crippen LogP contribution in [0.3, 0.4) is 0 Å². The first-order valence-corrected chi connectivity index (χ1v) is 9.18. The van der Waals surface area contributed by atoms with E-state index >= 15 is 0 Å². The van der Waals surface area contributed by atoms with Gasteiger partial charge in [0.15, 0.2) is 0 Å². The van der Waals surface area contributed by atoms with Crippen molar-refractivity contribution in [1.29, 1.82) is 0 Å². The van der Waals surface area contributed by atoms with Crippen LogP contribution in [0.25, 0.3) is 11.0 Å². The van der Waals surface area contributed by atoms with Crippen LogP contribution in [0.1, 0.15) is 23.7 Å². The maximum Gasteiger partial charge on any atom is 0.416 e. The lowest BCUT2D eigenvalue weighted by Gasteiger charge is -2.20. The van der Waals surface area contributed by atoms with Crippen LogP contribution < -0.4 is 4.74 Å². The van der Waals surface area contributed by atoms with E-state index in [4.69, 9.17) is 4.74 Å². The van der Waals surface area contributed by atoms with Gasteiger partial charge in [-0.2, -0.15) is 13.2 Å². The number of alkyl halides is 3. The standard InChI is InChI=1S/C22H18F3N3O/c23-22(24,25)17-10-12-18(13-11-17)29-21(16-6-2-1-3-7-16)14-15-28-20-9-5-4-8-19(20)26-27-28/h1-13,21H,14-15H2. The summed E-state index contributed by atoms with van der Waals surface area (Å²) in [5.41, 5.74) is 1.98. The Kier molecular flexibility index (Phi) is 5.20. The number of para-hydroxylation sites is 1. The Morgan fingerprint density at radius 2 is 1.55 bits per heavy atom. The van der Waals surface area contributed by atoms with Crippen LogP contribution in [0, 0.1) is 0 Å². The Bertz CT molecular complexity index is 1080. The van der Waals surface area contributed by atoms with Gasteiger partial charge in [0.1, 0.15) is 17.4 Å². The van der Waals surface area contributed by atoms with E-state index in [9.17, 15) is 13.2 Å². The number of benzene rings is 3. The number of hydrogen-bond acceptors (Lipinski definition) is 3. The third kappa shape index (κ3) is 4.39. The summed E-state index contributed by atoms with van der Waals surface area (Å²) in [5.74, 6) is 0.385. The smallest absolute Gasteiger partial charge is 0.416 e. The molecule has 1 heterocycles. The van der Waals surface area contributed by atoms with E-state index in [0.29, 0.717) is 18.7 Å². The normalized spacial score (nSPS) is 12.8. The molecule has 4 nitrogen and oxygen atoms in total. The van der Waals surface area contributed by atoms with Crippen molar-refractivity contribution in [3.63, 3.8) is 0 Å². The summed E-state index contributed by atoms with van der Waals surface area (Å²) in [5, 5.41) is 8.34. The Hall–Kier alpha value is -3.35. The van der Waals surface area contributed by atoms with E-state index in [1.165, 1.54) is 12.1 Å². The summed E-state index contributed by atoms with van der Waals surface area (Å²) in [4.78, 5) is 0. The Morgan fingerprint density at radius 1 is 0.862 bits per heavy atom. The van der Waals surface area contributed by atoms with Crippen molar-refractivity contribution in [2.24, 2.45) is 0 Å². The largest absolute Gasteiger partial charge is 0.486 e. The minimum Gasteiger partial charge on any atom is -0.486 e.